The van der Waals surface area contributed by atoms with Gasteiger partial charge >= 0.3 is 0 Å². The second-order valence-electron chi connectivity index (χ2n) is 3.89. The summed E-state index contributed by atoms with van der Waals surface area (Å²) in [7, 11) is 0. The highest BCUT2D eigenvalue weighted by Crippen LogP contribution is 2.20. The summed E-state index contributed by atoms with van der Waals surface area (Å²) >= 11 is 0. The van der Waals surface area contributed by atoms with E-state index in [2.05, 4.69) is 4.90 Å². The first-order valence-electron chi connectivity index (χ1n) is 5.37. The largest absolute Gasteiger partial charge is 0.508 e. The number of ether oxygens (including phenoxy) is 1. The number of aldehydes is 1. The molecule has 0 amide bonds. The van der Waals surface area contributed by atoms with Crippen molar-refractivity contribution in [1.82, 2.24) is 4.90 Å². The Balaban J connectivity index is 0.00000144. The monoisotopic (exact) mass is 257 g/mol. The van der Waals surface area contributed by atoms with Crippen molar-refractivity contribution < 1.29 is 14.6 Å². The minimum absolute atomic E-state index is 0. The van der Waals surface area contributed by atoms with Gasteiger partial charge in [-0.1, -0.05) is 0 Å². The third-order valence-corrected chi connectivity index (χ3v) is 2.74. The normalized spacial score (nSPS) is 16.2. The number of hydrogen-bond acceptors (Lipinski definition) is 4. The fourth-order valence-corrected chi connectivity index (χ4v) is 1.81. The third kappa shape index (κ3) is 3.70. The predicted octanol–water partition coefficient (Wildman–Crippen LogP) is 1.46. The number of halogens is 1. The molecule has 1 aromatic rings. The van der Waals surface area contributed by atoms with Crippen molar-refractivity contribution in [3.05, 3.63) is 29.3 Å². The molecule has 1 fully saturated rings. The molecule has 0 aliphatic carbocycles. The maximum Gasteiger partial charge on any atom is 0.150 e. The Morgan fingerprint density at radius 3 is 2.71 bits per heavy atom. The van der Waals surface area contributed by atoms with Crippen LogP contribution in [-0.2, 0) is 11.3 Å². The molecule has 1 aromatic carbocycles. The molecular weight excluding hydrogens is 242 g/mol. The molecule has 4 nitrogen and oxygen atoms in total. The number of phenolic OH excluding ortho intramolecular Hbond substituents is 1. The van der Waals surface area contributed by atoms with Gasteiger partial charge in [-0.15, -0.1) is 12.4 Å². The summed E-state index contributed by atoms with van der Waals surface area (Å²) in [6.07, 6.45) is 0.794. The second-order valence-corrected chi connectivity index (χ2v) is 3.89. The number of rotatable bonds is 3. The standard InChI is InChI=1S/C12H15NO3.ClH/c14-9-10-1-2-12(15)11(7-10)8-13-3-5-16-6-4-13;/h1-2,7,9,15H,3-6,8H2;1H. The maximum atomic E-state index is 10.6. The molecule has 1 aliphatic heterocycles. The van der Waals surface area contributed by atoms with E-state index in [0.717, 1.165) is 38.2 Å². The lowest BCUT2D eigenvalue weighted by Crippen LogP contribution is -2.35. The highest BCUT2D eigenvalue weighted by atomic mass is 35.5. The van der Waals surface area contributed by atoms with Crippen LogP contribution < -0.4 is 0 Å². The van der Waals surface area contributed by atoms with Crippen LogP contribution in [0.3, 0.4) is 0 Å². The third-order valence-electron chi connectivity index (χ3n) is 2.74. The highest BCUT2D eigenvalue weighted by Gasteiger charge is 2.12. The molecule has 2 rings (SSSR count). The summed E-state index contributed by atoms with van der Waals surface area (Å²) in [5.41, 5.74) is 1.40. The van der Waals surface area contributed by atoms with Gasteiger partial charge in [0.15, 0.2) is 0 Å². The molecule has 94 valence electrons. The van der Waals surface area contributed by atoms with Crippen LogP contribution in [0.1, 0.15) is 15.9 Å². The molecule has 0 atom stereocenters. The predicted molar refractivity (Wildman–Crippen MR) is 66.8 cm³/mol. The number of benzene rings is 1. The van der Waals surface area contributed by atoms with E-state index in [-0.39, 0.29) is 18.2 Å². The SMILES string of the molecule is Cl.O=Cc1ccc(O)c(CN2CCOCC2)c1. The molecule has 0 radical (unpaired) electrons. The number of nitrogens with zero attached hydrogens (tertiary/aromatic N) is 1. The molecule has 0 aromatic heterocycles. The lowest BCUT2D eigenvalue weighted by atomic mass is 10.1. The molecule has 0 unspecified atom stereocenters. The second kappa shape index (κ2) is 6.59. The minimum atomic E-state index is 0. The van der Waals surface area contributed by atoms with E-state index in [1.165, 1.54) is 0 Å². The topological polar surface area (TPSA) is 49.8 Å². The van der Waals surface area contributed by atoms with Crippen molar-refractivity contribution in [1.29, 1.82) is 0 Å². The number of hydrogen-bond donors (Lipinski definition) is 1. The zero-order valence-electron chi connectivity index (χ0n) is 9.46. The van der Waals surface area contributed by atoms with Gasteiger partial charge in [-0.2, -0.15) is 0 Å². The molecule has 17 heavy (non-hydrogen) atoms. The van der Waals surface area contributed by atoms with E-state index in [0.29, 0.717) is 12.1 Å². The van der Waals surface area contributed by atoms with Crippen molar-refractivity contribution in [2.24, 2.45) is 0 Å². The quantitative estimate of drug-likeness (QED) is 0.833. The van der Waals surface area contributed by atoms with E-state index in [1.807, 2.05) is 0 Å². The molecule has 0 spiro atoms. The molecular formula is C12H16ClNO3. The Hall–Kier alpha value is -1.10. The summed E-state index contributed by atoms with van der Waals surface area (Å²) in [4.78, 5) is 12.8. The first kappa shape index (κ1) is 14.0. The van der Waals surface area contributed by atoms with Crippen LogP contribution in [0.2, 0.25) is 0 Å². The van der Waals surface area contributed by atoms with E-state index in [1.54, 1.807) is 18.2 Å². The van der Waals surface area contributed by atoms with Crippen molar-refractivity contribution in [2.45, 2.75) is 6.54 Å². The molecule has 1 heterocycles. The summed E-state index contributed by atoms with van der Waals surface area (Å²) in [5, 5.41) is 9.69. The minimum Gasteiger partial charge on any atom is -0.508 e. The number of carbonyl (C=O) groups excluding carboxylic acids is 1. The highest BCUT2D eigenvalue weighted by molar-refractivity contribution is 5.85. The Morgan fingerprint density at radius 2 is 2.06 bits per heavy atom. The molecule has 0 saturated carbocycles. The van der Waals surface area contributed by atoms with Crippen LogP contribution in [0, 0.1) is 0 Å². The zero-order valence-corrected chi connectivity index (χ0v) is 10.3. The first-order valence-corrected chi connectivity index (χ1v) is 5.37. The van der Waals surface area contributed by atoms with Gasteiger partial charge in [0.25, 0.3) is 0 Å². The molecule has 0 bridgehead atoms. The fourth-order valence-electron chi connectivity index (χ4n) is 1.81. The van der Waals surface area contributed by atoms with E-state index in [9.17, 15) is 9.90 Å². The number of aromatic hydroxyl groups is 1. The van der Waals surface area contributed by atoms with Gasteiger partial charge < -0.3 is 9.84 Å². The van der Waals surface area contributed by atoms with Crippen molar-refractivity contribution in [3.8, 4) is 5.75 Å². The van der Waals surface area contributed by atoms with Gasteiger partial charge in [0, 0.05) is 30.8 Å². The van der Waals surface area contributed by atoms with Crippen LogP contribution in [-0.4, -0.2) is 42.6 Å². The summed E-state index contributed by atoms with van der Waals surface area (Å²) in [5.74, 6) is 0.247. The van der Waals surface area contributed by atoms with Crippen LogP contribution >= 0.6 is 12.4 Å². The molecule has 1 N–H and O–H groups in total. The lowest BCUT2D eigenvalue weighted by Gasteiger charge is -2.26. The number of morpholine rings is 1. The fraction of sp³-hybridized carbons (Fsp3) is 0.417. The van der Waals surface area contributed by atoms with Crippen LogP contribution in [0.5, 0.6) is 5.75 Å². The van der Waals surface area contributed by atoms with Crippen LogP contribution in [0.25, 0.3) is 0 Å². The summed E-state index contributed by atoms with van der Waals surface area (Å²) < 4.78 is 5.25. The molecule has 1 saturated heterocycles. The summed E-state index contributed by atoms with van der Waals surface area (Å²) in [6.45, 7) is 3.86. The Morgan fingerprint density at radius 1 is 1.35 bits per heavy atom. The van der Waals surface area contributed by atoms with E-state index >= 15 is 0 Å². The molecule has 5 heteroatoms. The van der Waals surface area contributed by atoms with Crippen molar-refractivity contribution >= 4 is 18.7 Å². The first-order chi connectivity index (χ1) is 7.79. The van der Waals surface area contributed by atoms with Gasteiger partial charge in [0.2, 0.25) is 0 Å². The van der Waals surface area contributed by atoms with Gasteiger partial charge in [0.1, 0.15) is 12.0 Å². The lowest BCUT2D eigenvalue weighted by molar-refractivity contribution is 0.0339. The zero-order chi connectivity index (χ0) is 11.4. The van der Waals surface area contributed by atoms with E-state index in [4.69, 9.17) is 4.74 Å². The number of carbonyl (C=O) groups is 1. The Kier molecular flexibility index (Phi) is 5.41. The smallest absolute Gasteiger partial charge is 0.150 e. The van der Waals surface area contributed by atoms with Crippen molar-refractivity contribution in [3.63, 3.8) is 0 Å². The van der Waals surface area contributed by atoms with Gasteiger partial charge in [0.05, 0.1) is 13.2 Å². The van der Waals surface area contributed by atoms with Gasteiger partial charge in [-0.3, -0.25) is 9.69 Å². The Labute approximate surface area is 107 Å². The van der Waals surface area contributed by atoms with Gasteiger partial charge in [-0.05, 0) is 18.2 Å². The Bertz CT molecular complexity index is 378. The van der Waals surface area contributed by atoms with Crippen LogP contribution in [0.4, 0.5) is 0 Å². The number of phenols is 1. The average molecular weight is 258 g/mol. The maximum absolute atomic E-state index is 10.6. The van der Waals surface area contributed by atoms with Gasteiger partial charge in [-0.25, -0.2) is 0 Å². The average Bonchev–Trinajstić information content (AvgIpc) is 2.33. The van der Waals surface area contributed by atoms with Crippen LogP contribution in [0.15, 0.2) is 18.2 Å². The summed E-state index contributed by atoms with van der Waals surface area (Å²) in [6, 6.07) is 4.92. The van der Waals surface area contributed by atoms with Crippen molar-refractivity contribution in [2.75, 3.05) is 26.3 Å². The molecule has 1 aliphatic rings. The van der Waals surface area contributed by atoms with E-state index < -0.39 is 0 Å².